The fourth-order valence-electron chi connectivity index (χ4n) is 0.713. The Kier molecular flexibility index (Phi) is 3.02. The van der Waals surface area contributed by atoms with Crippen LogP contribution in [0.3, 0.4) is 0 Å². The van der Waals surface area contributed by atoms with E-state index in [0.29, 0.717) is 0 Å². The predicted molar refractivity (Wildman–Crippen MR) is 46.5 cm³/mol. The van der Waals surface area contributed by atoms with Crippen LogP contribution in [0.5, 0.6) is 0 Å². The van der Waals surface area contributed by atoms with Crippen LogP contribution >= 0.6 is 27.5 Å². The normalized spacial score (nSPS) is 9.64. The van der Waals surface area contributed by atoms with E-state index in [2.05, 4.69) is 20.9 Å². The van der Waals surface area contributed by atoms with Gasteiger partial charge in [-0.25, -0.2) is 0 Å². The van der Waals surface area contributed by atoms with E-state index in [-0.39, 0.29) is 11.7 Å². The van der Waals surface area contributed by atoms with Crippen molar-refractivity contribution in [1.82, 2.24) is 4.98 Å². The van der Waals surface area contributed by atoms with Crippen molar-refractivity contribution >= 4 is 32.8 Å². The fourth-order valence-corrected chi connectivity index (χ4v) is 1.28. The maximum Gasteiger partial charge on any atom is 0.226 e. The molecule has 1 rings (SSSR count). The van der Waals surface area contributed by atoms with E-state index in [1.807, 2.05) is 6.07 Å². The predicted octanol–water partition coefficient (Wildman–Crippen LogP) is 2.15. The topological polar surface area (TPSA) is 30.0 Å². The third-order valence-electron chi connectivity index (χ3n) is 1.10. The molecule has 0 aliphatic carbocycles. The molecule has 4 heteroatoms. The molecule has 0 amide bonds. The molecule has 0 fully saturated rings. The van der Waals surface area contributed by atoms with Crippen LogP contribution in [0, 0.1) is 0 Å². The first-order chi connectivity index (χ1) is 5.18. The first kappa shape index (κ1) is 8.68. The smallest absolute Gasteiger partial charge is 0.226 e. The van der Waals surface area contributed by atoms with Crippen molar-refractivity contribution in [2.75, 3.05) is 0 Å². The van der Waals surface area contributed by atoms with Crippen LogP contribution < -0.4 is 0 Å². The molecule has 0 aliphatic heterocycles. The highest BCUT2D eigenvalue weighted by Gasteiger charge is 1.99. The Morgan fingerprint density at radius 1 is 1.64 bits per heavy atom. The lowest BCUT2D eigenvalue weighted by Gasteiger charge is -1.94. The molecule has 0 aromatic carbocycles. The number of carbonyl (C=O) groups is 1. The first-order valence-corrected chi connectivity index (χ1v) is 4.13. The molecular weight excluding hydrogens is 229 g/mol. The van der Waals surface area contributed by atoms with Crippen molar-refractivity contribution in [1.29, 1.82) is 0 Å². The maximum absolute atomic E-state index is 10.4. The molecule has 2 nitrogen and oxygen atoms in total. The number of pyridine rings is 1. The molecule has 0 saturated carbocycles. The van der Waals surface area contributed by atoms with Gasteiger partial charge in [0.05, 0.1) is 0 Å². The summed E-state index contributed by atoms with van der Waals surface area (Å²) in [5.41, 5.74) is 0.819. The highest BCUT2D eigenvalue weighted by Crippen LogP contribution is 2.10. The summed E-state index contributed by atoms with van der Waals surface area (Å²) in [4.78, 5) is 14.3. The second kappa shape index (κ2) is 3.83. The molecular formula is C7H5BrClNO. The van der Waals surface area contributed by atoms with Gasteiger partial charge in [0, 0.05) is 23.3 Å². The van der Waals surface area contributed by atoms with E-state index in [9.17, 15) is 4.79 Å². The average Bonchev–Trinajstić information content (AvgIpc) is 1.85. The monoisotopic (exact) mass is 233 g/mol. The average molecular weight is 234 g/mol. The van der Waals surface area contributed by atoms with Crippen molar-refractivity contribution in [3.63, 3.8) is 0 Å². The lowest BCUT2D eigenvalue weighted by Crippen LogP contribution is -1.93. The van der Waals surface area contributed by atoms with Crippen molar-refractivity contribution in [2.45, 2.75) is 6.42 Å². The standard InChI is InChI=1S/C7H5BrClNO/c8-6-1-5(2-7(9)11)3-10-4-6/h1,3-4H,2H2. The van der Waals surface area contributed by atoms with Gasteiger partial charge in [-0.1, -0.05) is 0 Å². The van der Waals surface area contributed by atoms with E-state index in [1.54, 1.807) is 12.4 Å². The summed E-state index contributed by atoms with van der Waals surface area (Å²) in [6.07, 6.45) is 3.50. The summed E-state index contributed by atoms with van der Waals surface area (Å²) in [6, 6.07) is 1.81. The van der Waals surface area contributed by atoms with E-state index in [0.717, 1.165) is 10.0 Å². The van der Waals surface area contributed by atoms with Gasteiger partial charge in [-0.3, -0.25) is 9.78 Å². The van der Waals surface area contributed by atoms with Gasteiger partial charge in [-0.2, -0.15) is 0 Å². The van der Waals surface area contributed by atoms with E-state index < -0.39 is 0 Å². The van der Waals surface area contributed by atoms with E-state index in [4.69, 9.17) is 11.6 Å². The second-order valence-electron chi connectivity index (χ2n) is 2.04. The molecule has 0 unspecified atom stereocenters. The SMILES string of the molecule is O=C(Cl)Cc1cncc(Br)c1. The van der Waals surface area contributed by atoms with Crippen LogP contribution in [0.2, 0.25) is 0 Å². The lowest BCUT2D eigenvalue weighted by molar-refractivity contribution is -0.111. The number of rotatable bonds is 2. The van der Waals surface area contributed by atoms with Gasteiger partial charge in [0.25, 0.3) is 0 Å². The molecule has 1 aromatic rings. The minimum Gasteiger partial charge on any atom is -0.281 e. The number of carbonyl (C=O) groups excluding carboxylic acids is 1. The Balaban J connectivity index is 2.79. The minimum atomic E-state index is -0.370. The molecule has 1 aromatic heterocycles. The largest absolute Gasteiger partial charge is 0.281 e. The fraction of sp³-hybridized carbons (Fsp3) is 0.143. The van der Waals surface area contributed by atoms with Crippen LogP contribution in [-0.4, -0.2) is 10.2 Å². The number of nitrogens with zero attached hydrogens (tertiary/aromatic N) is 1. The number of hydrogen-bond donors (Lipinski definition) is 0. The van der Waals surface area contributed by atoms with Gasteiger partial charge >= 0.3 is 0 Å². The first-order valence-electron chi connectivity index (χ1n) is 2.96. The molecule has 0 atom stereocenters. The van der Waals surface area contributed by atoms with Crippen molar-refractivity contribution < 1.29 is 4.79 Å². The summed E-state index contributed by atoms with van der Waals surface area (Å²) < 4.78 is 0.855. The Morgan fingerprint density at radius 2 is 2.36 bits per heavy atom. The Morgan fingerprint density at radius 3 is 2.91 bits per heavy atom. The molecule has 0 radical (unpaired) electrons. The Labute approximate surface area is 77.7 Å². The molecule has 0 N–H and O–H groups in total. The molecule has 1 heterocycles. The van der Waals surface area contributed by atoms with Crippen molar-refractivity contribution in [3.05, 3.63) is 28.5 Å². The van der Waals surface area contributed by atoms with Gasteiger partial charge in [-0.05, 0) is 39.2 Å². The summed E-state index contributed by atoms with van der Waals surface area (Å²) >= 11 is 8.42. The van der Waals surface area contributed by atoms with E-state index in [1.165, 1.54) is 0 Å². The summed E-state index contributed by atoms with van der Waals surface area (Å²) in [6.45, 7) is 0. The van der Waals surface area contributed by atoms with Gasteiger partial charge in [0.15, 0.2) is 0 Å². The van der Waals surface area contributed by atoms with Gasteiger partial charge in [0.2, 0.25) is 5.24 Å². The summed E-state index contributed by atoms with van der Waals surface area (Å²) in [7, 11) is 0. The highest BCUT2D eigenvalue weighted by molar-refractivity contribution is 9.10. The van der Waals surface area contributed by atoms with Gasteiger partial charge in [-0.15, -0.1) is 0 Å². The molecule has 0 bridgehead atoms. The minimum absolute atomic E-state index is 0.230. The molecule has 0 spiro atoms. The lowest BCUT2D eigenvalue weighted by atomic mass is 10.2. The van der Waals surface area contributed by atoms with Crippen LogP contribution in [0.1, 0.15) is 5.56 Å². The zero-order valence-electron chi connectivity index (χ0n) is 5.55. The van der Waals surface area contributed by atoms with Gasteiger partial charge in [0.1, 0.15) is 0 Å². The van der Waals surface area contributed by atoms with Crippen LogP contribution in [0.4, 0.5) is 0 Å². The number of halogens is 2. The van der Waals surface area contributed by atoms with Crippen LogP contribution in [0.15, 0.2) is 22.9 Å². The quantitative estimate of drug-likeness (QED) is 0.734. The highest BCUT2D eigenvalue weighted by atomic mass is 79.9. The third kappa shape index (κ3) is 2.99. The van der Waals surface area contributed by atoms with Crippen LogP contribution in [-0.2, 0) is 11.2 Å². The zero-order valence-corrected chi connectivity index (χ0v) is 7.89. The zero-order chi connectivity index (χ0) is 8.27. The number of aromatic nitrogens is 1. The Bertz CT molecular complexity index is 277. The third-order valence-corrected chi connectivity index (χ3v) is 1.67. The summed E-state index contributed by atoms with van der Waals surface area (Å²) in [5.74, 6) is 0. The molecule has 58 valence electrons. The molecule has 0 aliphatic rings. The van der Waals surface area contributed by atoms with Gasteiger partial charge < -0.3 is 0 Å². The van der Waals surface area contributed by atoms with Crippen molar-refractivity contribution in [2.24, 2.45) is 0 Å². The van der Waals surface area contributed by atoms with E-state index >= 15 is 0 Å². The van der Waals surface area contributed by atoms with Crippen LogP contribution in [0.25, 0.3) is 0 Å². The molecule has 0 saturated heterocycles. The maximum atomic E-state index is 10.4. The summed E-state index contributed by atoms with van der Waals surface area (Å²) in [5, 5.41) is -0.370. The Hall–Kier alpha value is -0.410. The van der Waals surface area contributed by atoms with Crippen molar-refractivity contribution in [3.8, 4) is 0 Å². The second-order valence-corrected chi connectivity index (χ2v) is 3.38. The number of hydrogen-bond acceptors (Lipinski definition) is 2. The molecule has 11 heavy (non-hydrogen) atoms.